The molecule has 148 valence electrons. The summed E-state index contributed by atoms with van der Waals surface area (Å²) in [5, 5.41) is 5.52. The molecule has 3 aliphatic rings. The van der Waals surface area contributed by atoms with Crippen LogP contribution in [0.4, 0.5) is 0 Å². The van der Waals surface area contributed by atoms with E-state index in [2.05, 4.69) is 10.6 Å². The van der Waals surface area contributed by atoms with Crippen molar-refractivity contribution in [2.45, 2.75) is 56.7 Å². The van der Waals surface area contributed by atoms with Crippen molar-refractivity contribution >= 4 is 23.6 Å². The number of carbonyl (C=O) groups excluding carboxylic acids is 4. The molecule has 8 heteroatoms. The standard InChI is InChI=1S/C20H24N4O4/c21-20(7-2-8-20)9-10-22-11-12-3-1-4-13-16(12)19(28)24(18(13)27)14-5-6-15(25)23-17(14)26/h1,3-4,14,22H,2,5-11,21H2,(H,23,25,26). The lowest BCUT2D eigenvalue weighted by atomic mass is 9.75. The lowest BCUT2D eigenvalue weighted by Gasteiger charge is -2.38. The molecule has 1 saturated heterocycles. The fourth-order valence-electron chi connectivity index (χ4n) is 4.17. The summed E-state index contributed by atoms with van der Waals surface area (Å²) >= 11 is 0. The molecule has 1 atom stereocenters. The molecule has 28 heavy (non-hydrogen) atoms. The second-order valence-electron chi connectivity index (χ2n) is 7.93. The summed E-state index contributed by atoms with van der Waals surface area (Å²) in [6.07, 6.45) is 4.40. The summed E-state index contributed by atoms with van der Waals surface area (Å²) in [5.41, 5.74) is 7.54. The molecule has 1 aromatic rings. The van der Waals surface area contributed by atoms with Gasteiger partial charge in [-0.1, -0.05) is 12.1 Å². The van der Waals surface area contributed by atoms with Crippen LogP contribution in [0.3, 0.4) is 0 Å². The van der Waals surface area contributed by atoms with Crippen molar-refractivity contribution in [2.24, 2.45) is 5.73 Å². The van der Waals surface area contributed by atoms with E-state index < -0.39 is 23.8 Å². The van der Waals surface area contributed by atoms with Gasteiger partial charge in [-0.25, -0.2) is 0 Å². The second kappa shape index (κ2) is 7.10. The Morgan fingerprint density at radius 2 is 1.96 bits per heavy atom. The van der Waals surface area contributed by atoms with Gasteiger partial charge in [0.25, 0.3) is 11.8 Å². The van der Waals surface area contributed by atoms with E-state index in [1.807, 2.05) is 6.07 Å². The first kappa shape index (κ1) is 18.8. The number of piperidine rings is 1. The molecule has 1 aromatic carbocycles. The fourth-order valence-corrected chi connectivity index (χ4v) is 4.17. The predicted octanol–water partition coefficient (Wildman–Crippen LogP) is 0.449. The number of rotatable bonds is 6. The number of amides is 4. The van der Waals surface area contributed by atoms with Gasteiger partial charge in [-0.3, -0.25) is 29.4 Å². The molecule has 2 aliphatic heterocycles. The molecule has 8 nitrogen and oxygen atoms in total. The first-order chi connectivity index (χ1) is 13.4. The molecule has 4 rings (SSSR count). The fraction of sp³-hybridized carbons (Fsp3) is 0.500. The van der Waals surface area contributed by atoms with E-state index in [1.165, 1.54) is 6.42 Å². The van der Waals surface area contributed by atoms with Crippen LogP contribution in [0, 0.1) is 0 Å². The van der Waals surface area contributed by atoms with Crippen LogP contribution in [-0.4, -0.2) is 46.7 Å². The highest BCUT2D eigenvalue weighted by Crippen LogP contribution is 2.32. The van der Waals surface area contributed by atoms with E-state index in [0.29, 0.717) is 17.7 Å². The zero-order valence-corrected chi connectivity index (χ0v) is 15.6. The van der Waals surface area contributed by atoms with Crippen molar-refractivity contribution in [1.29, 1.82) is 0 Å². The van der Waals surface area contributed by atoms with E-state index in [9.17, 15) is 19.2 Å². The lowest BCUT2D eigenvalue weighted by Crippen LogP contribution is -2.54. The quantitative estimate of drug-likeness (QED) is 0.484. The highest BCUT2D eigenvalue weighted by atomic mass is 16.2. The van der Waals surface area contributed by atoms with Gasteiger partial charge in [0, 0.05) is 18.5 Å². The van der Waals surface area contributed by atoms with Gasteiger partial charge in [0.15, 0.2) is 0 Å². The number of fused-ring (bicyclic) bond motifs is 1. The Labute approximate surface area is 162 Å². The van der Waals surface area contributed by atoms with Crippen LogP contribution >= 0.6 is 0 Å². The van der Waals surface area contributed by atoms with Crippen LogP contribution < -0.4 is 16.4 Å². The number of hydrogen-bond acceptors (Lipinski definition) is 6. The topological polar surface area (TPSA) is 122 Å². The highest BCUT2D eigenvalue weighted by molar-refractivity contribution is 6.24. The molecule has 0 bridgehead atoms. The molecule has 4 N–H and O–H groups in total. The van der Waals surface area contributed by atoms with E-state index in [0.717, 1.165) is 36.3 Å². The van der Waals surface area contributed by atoms with E-state index in [4.69, 9.17) is 5.73 Å². The minimum Gasteiger partial charge on any atom is -0.325 e. The molecule has 4 amide bonds. The third kappa shape index (κ3) is 3.22. The minimum atomic E-state index is -0.943. The molecule has 1 saturated carbocycles. The Balaban J connectivity index is 1.48. The molecule has 0 spiro atoms. The maximum absolute atomic E-state index is 13.0. The Morgan fingerprint density at radius 1 is 1.18 bits per heavy atom. The first-order valence-corrected chi connectivity index (χ1v) is 9.73. The molecule has 2 fully saturated rings. The van der Waals surface area contributed by atoms with Crippen LogP contribution in [0.25, 0.3) is 0 Å². The average Bonchev–Trinajstić information content (AvgIpc) is 2.89. The Bertz CT molecular complexity index is 862. The first-order valence-electron chi connectivity index (χ1n) is 9.73. The summed E-state index contributed by atoms with van der Waals surface area (Å²) in [6.45, 7) is 1.18. The summed E-state index contributed by atoms with van der Waals surface area (Å²) in [4.78, 5) is 50.3. The van der Waals surface area contributed by atoms with Crippen LogP contribution in [0.5, 0.6) is 0 Å². The van der Waals surface area contributed by atoms with E-state index in [-0.39, 0.29) is 24.3 Å². The third-order valence-corrected chi connectivity index (χ3v) is 6.02. The van der Waals surface area contributed by atoms with Gasteiger partial charge in [-0.05, 0) is 50.3 Å². The maximum Gasteiger partial charge on any atom is 0.262 e. The smallest absolute Gasteiger partial charge is 0.262 e. The van der Waals surface area contributed by atoms with Crippen LogP contribution in [0.1, 0.15) is 64.8 Å². The zero-order chi connectivity index (χ0) is 19.9. The van der Waals surface area contributed by atoms with Crippen LogP contribution in [0.2, 0.25) is 0 Å². The van der Waals surface area contributed by atoms with Crippen LogP contribution in [0.15, 0.2) is 18.2 Å². The molecule has 2 heterocycles. The number of nitrogens with two attached hydrogens (primary N) is 1. The maximum atomic E-state index is 13.0. The molecular weight excluding hydrogens is 360 g/mol. The zero-order valence-electron chi connectivity index (χ0n) is 15.6. The van der Waals surface area contributed by atoms with Crippen molar-refractivity contribution in [3.8, 4) is 0 Å². The molecular formula is C20H24N4O4. The Morgan fingerprint density at radius 3 is 2.64 bits per heavy atom. The normalized spacial score (nSPS) is 23.5. The lowest BCUT2D eigenvalue weighted by molar-refractivity contribution is -0.136. The Hall–Kier alpha value is -2.58. The number of nitrogens with zero attached hydrogens (tertiary/aromatic N) is 1. The van der Waals surface area contributed by atoms with Gasteiger partial charge in [0.1, 0.15) is 6.04 Å². The SMILES string of the molecule is NC1(CCNCc2cccc3c2C(=O)N(C2CCC(=O)NC2=O)C3=O)CCC1. The molecule has 0 aromatic heterocycles. The minimum absolute atomic E-state index is 0.0694. The number of carbonyl (C=O) groups is 4. The van der Waals surface area contributed by atoms with Gasteiger partial charge in [-0.15, -0.1) is 0 Å². The average molecular weight is 384 g/mol. The number of imide groups is 2. The third-order valence-electron chi connectivity index (χ3n) is 6.02. The largest absolute Gasteiger partial charge is 0.325 e. The van der Waals surface area contributed by atoms with Gasteiger partial charge < -0.3 is 11.1 Å². The van der Waals surface area contributed by atoms with Crippen molar-refractivity contribution in [1.82, 2.24) is 15.5 Å². The number of nitrogens with one attached hydrogen (secondary N) is 2. The van der Waals surface area contributed by atoms with E-state index >= 15 is 0 Å². The predicted molar refractivity (Wildman–Crippen MR) is 100 cm³/mol. The molecule has 0 radical (unpaired) electrons. The van der Waals surface area contributed by atoms with Gasteiger partial charge >= 0.3 is 0 Å². The molecule has 1 aliphatic carbocycles. The van der Waals surface area contributed by atoms with Gasteiger partial charge in [0.05, 0.1) is 11.1 Å². The van der Waals surface area contributed by atoms with Crippen LogP contribution in [-0.2, 0) is 16.1 Å². The van der Waals surface area contributed by atoms with Crippen molar-refractivity contribution in [3.05, 3.63) is 34.9 Å². The summed E-state index contributed by atoms with van der Waals surface area (Å²) in [7, 11) is 0. The van der Waals surface area contributed by atoms with E-state index in [1.54, 1.807) is 12.1 Å². The highest BCUT2D eigenvalue weighted by Gasteiger charge is 2.45. The summed E-state index contributed by atoms with van der Waals surface area (Å²) in [6, 6.07) is 4.22. The Kier molecular flexibility index (Phi) is 4.76. The monoisotopic (exact) mass is 384 g/mol. The van der Waals surface area contributed by atoms with Crippen molar-refractivity contribution in [2.75, 3.05) is 6.54 Å². The van der Waals surface area contributed by atoms with Crippen molar-refractivity contribution in [3.63, 3.8) is 0 Å². The number of hydrogen-bond donors (Lipinski definition) is 3. The molecule has 1 unspecified atom stereocenters. The van der Waals surface area contributed by atoms with Crippen molar-refractivity contribution < 1.29 is 19.2 Å². The summed E-state index contributed by atoms with van der Waals surface area (Å²) in [5.74, 6) is -1.93. The van der Waals surface area contributed by atoms with Gasteiger partial charge in [0.2, 0.25) is 11.8 Å². The van der Waals surface area contributed by atoms with Gasteiger partial charge in [-0.2, -0.15) is 0 Å². The second-order valence-corrected chi connectivity index (χ2v) is 7.93. The summed E-state index contributed by atoms with van der Waals surface area (Å²) < 4.78 is 0. The number of benzene rings is 1.